The fraction of sp³-hybridized carbons (Fsp3) is 0.231. The Hall–Kier alpha value is -2.77. The number of hydrogen-bond donors (Lipinski definition) is 1. The van der Waals surface area contributed by atoms with Gasteiger partial charge in [0, 0.05) is 5.56 Å². The standard InChI is InChI=1S/C13H13FN6O/c1-2-10-12(15)17-19-20(10)7-11-16-13(18-21-11)8-3-5-9(14)6-4-8/h3-6H,2,7,15H2,1H3. The SMILES string of the molecule is CCc1c(N)nnn1Cc1nc(-c2ccc(F)cc2)no1. The van der Waals surface area contributed by atoms with Crippen LogP contribution in [0.2, 0.25) is 0 Å². The Kier molecular flexibility index (Phi) is 3.35. The van der Waals surface area contributed by atoms with Crippen LogP contribution in [0.1, 0.15) is 18.5 Å². The van der Waals surface area contributed by atoms with Gasteiger partial charge in [-0.2, -0.15) is 4.98 Å². The lowest BCUT2D eigenvalue weighted by molar-refractivity contribution is 0.363. The van der Waals surface area contributed by atoms with Crippen molar-refractivity contribution in [3.8, 4) is 11.4 Å². The minimum absolute atomic E-state index is 0.293. The van der Waals surface area contributed by atoms with Gasteiger partial charge in [-0.1, -0.05) is 17.3 Å². The summed E-state index contributed by atoms with van der Waals surface area (Å²) in [5, 5.41) is 11.6. The second-order valence-electron chi connectivity index (χ2n) is 4.45. The van der Waals surface area contributed by atoms with Crippen molar-refractivity contribution in [2.75, 3.05) is 5.73 Å². The van der Waals surface area contributed by atoms with Gasteiger partial charge in [0.2, 0.25) is 11.7 Å². The minimum atomic E-state index is -0.312. The third kappa shape index (κ3) is 2.60. The highest BCUT2D eigenvalue weighted by atomic mass is 19.1. The molecule has 2 heterocycles. The lowest BCUT2D eigenvalue weighted by atomic mass is 10.2. The largest absolute Gasteiger partial charge is 0.381 e. The predicted octanol–water partition coefficient (Wildman–Crippen LogP) is 1.66. The molecular weight excluding hydrogens is 275 g/mol. The van der Waals surface area contributed by atoms with Crippen LogP contribution in [0.3, 0.4) is 0 Å². The summed E-state index contributed by atoms with van der Waals surface area (Å²) in [6.45, 7) is 2.25. The maximum absolute atomic E-state index is 12.9. The van der Waals surface area contributed by atoms with Gasteiger partial charge in [0.1, 0.15) is 12.4 Å². The van der Waals surface area contributed by atoms with E-state index in [1.807, 2.05) is 6.92 Å². The maximum atomic E-state index is 12.9. The minimum Gasteiger partial charge on any atom is -0.381 e. The van der Waals surface area contributed by atoms with Gasteiger partial charge in [0.05, 0.1) is 5.69 Å². The quantitative estimate of drug-likeness (QED) is 0.784. The Morgan fingerprint density at radius 1 is 1.29 bits per heavy atom. The molecule has 8 heteroatoms. The molecular formula is C13H13FN6O. The topological polar surface area (TPSA) is 95.7 Å². The van der Waals surface area contributed by atoms with Gasteiger partial charge in [-0.25, -0.2) is 9.07 Å². The van der Waals surface area contributed by atoms with Gasteiger partial charge in [-0.05, 0) is 30.7 Å². The number of rotatable bonds is 4. The van der Waals surface area contributed by atoms with E-state index >= 15 is 0 Å². The first kappa shape index (κ1) is 13.2. The third-order valence-corrected chi connectivity index (χ3v) is 3.06. The maximum Gasteiger partial charge on any atom is 0.248 e. The summed E-state index contributed by atoms with van der Waals surface area (Å²) in [4.78, 5) is 4.26. The van der Waals surface area contributed by atoms with Crippen molar-refractivity contribution in [3.63, 3.8) is 0 Å². The molecule has 0 radical (unpaired) electrons. The van der Waals surface area contributed by atoms with Gasteiger partial charge >= 0.3 is 0 Å². The van der Waals surface area contributed by atoms with Crippen LogP contribution in [0.25, 0.3) is 11.4 Å². The fourth-order valence-electron chi connectivity index (χ4n) is 2.00. The average Bonchev–Trinajstić information content (AvgIpc) is 3.07. The van der Waals surface area contributed by atoms with Gasteiger partial charge in [-0.3, -0.25) is 0 Å². The summed E-state index contributed by atoms with van der Waals surface area (Å²) in [6.07, 6.45) is 0.706. The number of nitrogens with zero attached hydrogens (tertiary/aromatic N) is 5. The van der Waals surface area contributed by atoms with Crippen LogP contribution in [-0.4, -0.2) is 25.1 Å². The average molecular weight is 288 g/mol. The highest BCUT2D eigenvalue weighted by Gasteiger charge is 2.13. The molecule has 108 valence electrons. The number of hydrogen-bond acceptors (Lipinski definition) is 6. The number of benzene rings is 1. The van der Waals surface area contributed by atoms with Crippen molar-refractivity contribution in [2.24, 2.45) is 0 Å². The van der Waals surface area contributed by atoms with Crippen LogP contribution < -0.4 is 5.73 Å². The lowest BCUT2D eigenvalue weighted by Crippen LogP contribution is -2.07. The molecule has 7 nitrogen and oxygen atoms in total. The zero-order valence-corrected chi connectivity index (χ0v) is 11.3. The first-order valence-electron chi connectivity index (χ1n) is 6.43. The molecule has 0 saturated carbocycles. The van der Waals surface area contributed by atoms with E-state index in [0.29, 0.717) is 36.1 Å². The van der Waals surface area contributed by atoms with Gasteiger partial charge in [0.15, 0.2) is 5.82 Å². The number of aromatic nitrogens is 5. The molecule has 0 aliphatic heterocycles. The Bertz CT molecular complexity index is 748. The molecule has 0 unspecified atom stereocenters. The van der Waals surface area contributed by atoms with Crippen molar-refractivity contribution >= 4 is 5.82 Å². The number of anilines is 1. The van der Waals surface area contributed by atoms with E-state index in [-0.39, 0.29) is 5.82 Å². The lowest BCUT2D eigenvalue weighted by Gasteiger charge is -2.00. The zero-order valence-electron chi connectivity index (χ0n) is 11.3. The summed E-state index contributed by atoms with van der Waals surface area (Å²) in [5.74, 6) is 0.869. The first-order valence-corrected chi connectivity index (χ1v) is 6.43. The van der Waals surface area contributed by atoms with Crippen LogP contribution in [0.4, 0.5) is 10.2 Å². The van der Waals surface area contributed by atoms with E-state index < -0.39 is 0 Å². The van der Waals surface area contributed by atoms with Crippen LogP contribution in [0.5, 0.6) is 0 Å². The van der Waals surface area contributed by atoms with E-state index in [1.54, 1.807) is 16.8 Å². The Labute approximate surface area is 119 Å². The third-order valence-electron chi connectivity index (χ3n) is 3.06. The van der Waals surface area contributed by atoms with E-state index in [9.17, 15) is 4.39 Å². The second kappa shape index (κ2) is 5.31. The van der Waals surface area contributed by atoms with Gasteiger partial charge in [-0.15, -0.1) is 5.10 Å². The van der Waals surface area contributed by atoms with E-state index in [2.05, 4.69) is 20.5 Å². The monoisotopic (exact) mass is 288 g/mol. The molecule has 0 aliphatic rings. The Morgan fingerprint density at radius 2 is 2.05 bits per heavy atom. The van der Waals surface area contributed by atoms with Crippen molar-refractivity contribution in [2.45, 2.75) is 19.9 Å². The molecule has 2 N–H and O–H groups in total. The van der Waals surface area contributed by atoms with Gasteiger partial charge in [0.25, 0.3) is 0 Å². The smallest absolute Gasteiger partial charge is 0.248 e. The van der Waals surface area contributed by atoms with Crippen LogP contribution >= 0.6 is 0 Å². The van der Waals surface area contributed by atoms with E-state index in [4.69, 9.17) is 10.3 Å². The molecule has 0 atom stereocenters. The first-order chi connectivity index (χ1) is 10.2. The zero-order chi connectivity index (χ0) is 14.8. The molecule has 0 bridgehead atoms. The summed E-state index contributed by atoms with van der Waals surface area (Å²) in [5.41, 5.74) is 7.22. The highest BCUT2D eigenvalue weighted by molar-refractivity contribution is 5.53. The summed E-state index contributed by atoms with van der Waals surface area (Å²) < 4.78 is 19.7. The molecule has 0 amide bonds. The second-order valence-corrected chi connectivity index (χ2v) is 4.45. The summed E-state index contributed by atoms with van der Waals surface area (Å²) in [6, 6.07) is 5.88. The van der Waals surface area contributed by atoms with Crippen LogP contribution in [0.15, 0.2) is 28.8 Å². The van der Waals surface area contributed by atoms with Crippen molar-refractivity contribution in [1.29, 1.82) is 0 Å². The van der Waals surface area contributed by atoms with Crippen molar-refractivity contribution in [3.05, 3.63) is 41.7 Å². The molecule has 0 aliphatic carbocycles. The van der Waals surface area contributed by atoms with Crippen LogP contribution in [0, 0.1) is 5.82 Å². The molecule has 3 aromatic rings. The van der Waals surface area contributed by atoms with Crippen molar-refractivity contribution < 1.29 is 8.91 Å². The van der Waals surface area contributed by atoms with Crippen LogP contribution in [-0.2, 0) is 13.0 Å². The predicted molar refractivity (Wildman–Crippen MR) is 72.6 cm³/mol. The highest BCUT2D eigenvalue weighted by Crippen LogP contribution is 2.17. The van der Waals surface area contributed by atoms with Crippen molar-refractivity contribution in [1.82, 2.24) is 25.1 Å². The normalized spacial score (nSPS) is 11.0. The molecule has 2 aromatic heterocycles. The fourth-order valence-corrected chi connectivity index (χ4v) is 2.00. The molecule has 3 rings (SSSR count). The molecule has 0 fully saturated rings. The Balaban J connectivity index is 1.83. The molecule has 21 heavy (non-hydrogen) atoms. The molecule has 0 spiro atoms. The summed E-state index contributed by atoms with van der Waals surface area (Å²) in [7, 11) is 0. The molecule has 0 saturated heterocycles. The number of nitrogen functional groups attached to an aromatic ring is 1. The number of halogens is 1. The number of nitrogens with two attached hydrogens (primary N) is 1. The molecule has 1 aromatic carbocycles. The van der Waals surface area contributed by atoms with E-state index in [0.717, 1.165) is 5.69 Å². The Morgan fingerprint density at radius 3 is 2.76 bits per heavy atom. The van der Waals surface area contributed by atoms with Gasteiger partial charge < -0.3 is 10.3 Å². The summed E-state index contributed by atoms with van der Waals surface area (Å²) >= 11 is 0. The van der Waals surface area contributed by atoms with E-state index in [1.165, 1.54) is 12.1 Å².